The van der Waals surface area contributed by atoms with Gasteiger partial charge in [-0.3, -0.25) is 4.79 Å². The quantitative estimate of drug-likeness (QED) is 0.652. The highest BCUT2D eigenvalue weighted by Crippen LogP contribution is 2.34. The second-order valence-corrected chi connectivity index (χ2v) is 6.43. The molecule has 0 saturated heterocycles. The Morgan fingerprint density at radius 2 is 2.00 bits per heavy atom. The van der Waals surface area contributed by atoms with Crippen molar-refractivity contribution in [2.45, 2.75) is 13.0 Å². The lowest BCUT2D eigenvalue weighted by Gasteiger charge is -2.33. The Morgan fingerprint density at radius 1 is 1.22 bits per heavy atom. The van der Waals surface area contributed by atoms with Crippen LogP contribution in [0.1, 0.15) is 16.2 Å². The van der Waals surface area contributed by atoms with E-state index in [2.05, 4.69) is 4.98 Å². The van der Waals surface area contributed by atoms with Crippen LogP contribution in [0.4, 0.5) is 5.69 Å². The molecule has 7 heteroatoms. The number of esters is 1. The van der Waals surface area contributed by atoms with Crippen LogP contribution in [0.15, 0.2) is 42.5 Å². The van der Waals surface area contributed by atoms with E-state index in [1.807, 2.05) is 30.7 Å². The number of nitrogens with zero attached hydrogens (tertiary/aromatic N) is 3. The van der Waals surface area contributed by atoms with Gasteiger partial charge in [-0.05, 0) is 37.3 Å². The summed E-state index contributed by atoms with van der Waals surface area (Å²) in [7, 11) is 3.24. The van der Waals surface area contributed by atoms with E-state index in [-0.39, 0.29) is 12.5 Å². The number of rotatable bonds is 2. The SMILES string of the molecule is COC(=O)[C@H]1CN(C(=O)c2ccc3c(c2)nc(C)n3C)c2ccccc2O1. The van der Waals surface area contributed by atoms with Gasteiger partial charge in [-0.25, -0.2) is 9.78 Å². The number of hydrogen-bond donors (Lipinski definition) is 0. The average molecular weight is 365 g/mol. The number of aryl methyl sites for hydroxylation is 2. The largest absolute Gasteiger partial charge is 0.475 e. The van der Waals surface area contributed by atoms with Gasteiger partial charge in [0.15, 0.2) is 0 Å². The molecular formula is C20H19N3O4. The van der Waals surface area contributed by atoms with Gasteiger partial charge in [-0.15, -0.1) is 0 Å². The monoisotopic (exact) mass is 365 g/mol. The predicted molar refractivity (Wildman–Crippen MR) is 100 cm³/mol. The highest BCUT2D eigenvalue weighted by Gasteiger charge is 2.34. The zero-order chi connectivity index (χ0) is 19.1. The maximum Gasteiger partial charge on any atom is 0.348 e. The molecule has 7 nitrogen and oxygen atoms in total. The molecule has 0 aliphatic carbocycles. The first-order chi connectivity index (χ1) is 13.0. The molecule has 0 N–H and O–H groups in total. The van der Waals surface area contributed by atoms with Crippen molar-refractivity contribution in [1.82, 2.24) is 9.55 Å². The Labute approximate surface area is 156 Å². The van der Waals surface area contributed by atoms with Crippen molar-refractivity contribution >= 4 is 28.6 Å². The van der Waals surface area contributed by atoms with Crippen molar-refractivity contribution in [3.63, 3.8) is 0 Å². The number of para-hydroxylation sites is 2. The fraction of sp³-hybridized carbons (Fsp3) is 0.250. The van der Waals surface area contributed by atoms with Crippen molar-refractivity contribution in [1.29, 1.82) is 0 Å². The molecule has 1 amide bonds. The van der Waals surface area contributed by atoms with Gasteiger partial charge < -0.3 is 18.9 Å². The number of ether oxygens (including phenoxy) is 2. The Morgan fingerprint density at radius 3 is 2.78 bits per heavy atom. The van der Waals surface area contributed by atoms with Crippen LogP contribution in [0.2, 0.25) is 0 Å². The van der Waals surface area contributed by atoms with Gasteiger partial charge in [0.2, 0.25) is 6.10 Å². The van der Waals surface area contributed by atoms with Crippen LogP contribution in [0.5, 0.6) is 5.75 Å². The molecule has 0 fully saturated rings. The second kappa shape index (κ2) is 6.42. The lowest BCUT2D eigenvalue weighted by molar-refractivity contribution is -0.148. The highest BCUT2D eigenvalue weighted by molar-refractivity contribution is 6.09. The summed E-state index contributed by atoms with van der Waals surface area (Å²) in [6, 6.07) is 12.6. The first-order valence-electron chi connectivity index (χ1n) is 8.58. The van der Waals surface area contributed by atoms with Crippen LogP contribution in [-0.4, -0.2) is 41.2 Å². The molecule has 138 valence electrons. The van der Waals surface area contributed by atoms with E-state index in [0.29, 0.717) is 17.0 Å². The Bertz CT molecular complexity index is 1060. The molecule has 0 bridgehead atoms. The summed E-state index contributed by atoms with van der Waals surface area (Å²) < 4.78 is 12.5. The second-order valence-electron chi connectivity index (χ2n) is 6.43. The maximum atomic E-state index is 13.2. The minimum absolute atomic E-state index is 0.0851. The number of imidazole rings is 1. The third kappa shape index (κ3) is 2.81. The number of carbonyl (C=O) groups is 2. The molecule has 0 radical (unpaired) electrons. The van der Waals surface area contributed by atoms with E-state index in [0.717, 1.165) is 16.9 Å². The summed E-state index contributed by atoms with van der Waals surface area (Å²) in [5.41, 5.74) is 2.84. The fourth-order valence-electron chi connectivity index (χ4n) is 3.29. The minimum Gasteiger partial charge on any atom is -0.475 e. The third-order valence-corrected chi connectivity index (χ3v) is 4.83. The number of anilines is 1. The number of aromatic nitrogens is 2. The van der Waals surface area contributed by atoms with Gasteiger partial charge in [0.05, 0.1) is 30.4 Å². The van der Waals surface area contributed by atoms with Crippen molar-refractivity contribution in [2.75, 3.05) is 18.6 Å². The van der Waals surface area contributed by atoms with Crippen LogP contribution in [0, 0.1) is 6.92 Å². The molecule has 0 saturated carbocycles. The summed E-state index contributed by atoms with van der Waals surface area (Å²) in [5.74, 6) is 0.613. The predicted octanol–water partition coefficient (Wildman–Crippen LogP) is 2.46. The minimum atomic E-state index is -0.866. The molecule has 2 heterocycles. The smallest absolute Gasteiger partial charge is 0.348 e. The van der Waals surface area contributed by atoms with Gasteiger partial charge in [-0.1, -0.05) is 12.1 Å². The van der Waals surface area contributed by atoms with Crippen molar-refractivity contribution in [3.05, 3.63) is 53.9 Å². The van der Waals surface area contributed by atoms with E-state index >= 15 is 0 Å². The van der Waals surface area contributed by atoms with Gasteiger partial charge in [0.25, 0.3) is 5.91 Å². The van der Waals surface area contributed by atoms with Gasteiger partial charge in [-0.2, -0.15) is 0 Å². The van der Waals surface area contributed by atoms with Gasteiger partial charge >= 0.3 is 5.97 Å². The molecule has 1 aliphatic rings. The summed E-state index contributed by atoms with van der Waals surface area (Å²) >= 11 is 0. The number of fused-ring (bicyclic) bond motifs is 2. The molecule has 1 aliphatic heterocycles. The lowest BCUT2D eigenvalue weighted by atomic mass is 10.1. The first-order valence-corrected chi connectivity index (χ1v) is 8.58. The van der Waals surface area contributed by atoms with E-state index < -0.39 is 12.1 Å². The summed E-state index contributed by atoms with van der Waals surface area (Å²) in [6.45, 7) is 2.00. The zero-order valence-electron chi connectivity index (χ0n) is 15.3. The van der Waals surface area contributed by atoms with E-state index in [9.17, 15) is 9.59 Å². The van der Waals surface area contributed by atoms with E-state index in [1.165, 1.54) is 7.11 Å². The molecule has 0 spiro atoms. The Kier molecular flexibility index (Phi) is 4.07. The number of methoxy groups -OCH3 is 1. The van der Waals surface area contributed by atoms with Crippen LogP contribution in [-0.2, 0) is 16.6 Å². The zero-order valence-corrected chi connectivity index (χ0v) is 15.3. The van der Waals surface area contributed by atoms with Crippen molar-refractivity contribution in [2.24, 2.45) is 7.05 Å². The molecule has 2 aromatic carbocycles. The fourth-order valence-corrected chi connectivity index (χ4v) is 3.29. The molecule has 27 heavy (non-hydrogen) atoms. The van der Waals surface area contributed by atoms with Crippen molar-refractivity contribution in [3.8, 4) is 5.75 Å². The molecule has 4 rings (SSSR count). The van der Waals surface area contributed by atoms with E-state index in [1.54, 1.807) is 35.2 Å². The topological polar surface area (TPSA) is 73.7 Å². The normalized spacial score (nSPS) is 16.0. The molecular weight excluding hydrogens is 346 g/mol. The number of carbonyl (C=O) groups excluding carboxylic acids is 2. The standard InChI is InChI=1S/C20H19N3O4/c1-12-21-14-10-13(8-9-15(14)22(12)2)19(24)23-11-18(20(25)26-3)27-17-7-5-4-6-16(17)23/h4-10,18H,11H2,1-3H3/t18-/m1/s1. The third-order valence-electron chi connectivity index (χ3n) is 4.83. The highest BCUT2D eigenvalue weighted by atomic mass is 16.6. The molecule has 1 aromatic heterocycles. The van der Waals surface area contributed by atoms with Crippen LogP contribution < -0.4 is 9.64 Å². The lowest BCUT2D eigenvalue weighted by Crippen LogP contribution is -2.47. The summed E-state index contributed by atoms with van der Waals surface area (Å²) in [6.07, 6.45) is -0.866. The number of benzene rings is 2. The van der Waals surface area contributed by atoms with Crippen LogP contribution >= 0.6 is 0 Å². The summed E-state index contributed by atoms with van der Waals surface area (Å²) in [4.78, 5) is 31.3. The molecule has 0 unspecified atom stereocenters. The van der Waals surface area contributed by atoms with Crippen LogP contribution in [0.3, 0.4) is 0 Å². The Hall–Kier alpha value is -3.35. The summed E-state index contributed by atoms with van der Waals surface area (Å²) in [5, 5.41) is 0. The number of hydrogen-bond acceptors (Lipinski definition) is 5. The van der Waals surface area contributed by atoms with E-state index in [4.69, 9.17) is 9.47 Å². The van der Waals surface area contributed by atoms with Gasteiger partial charge in [0.1, 0.15) is 11.6 Å². The maximum absolute atomic E-state index is 13.2. The van der Waals surface area contributed by atoms with Crippen LogP contribution in [0.25, 0.3) is 11.0 Å². The molecule has 3 aromatic rings. The molecule has 1 atom stereocenters. The van der Waals surface area contributed by atoms with Gasteiger partial charge in [0, 0.05) is 12.6 Å². The first kappa shape index (κ1) is 17.1. The Balaban J connectivity index is 1.74. The van der Waals surface area contributed by atoms with Crippen molar-refractivity contribution < 1.29 is 19.1 Å². The number of amides is 1. The average Bonchev–Trinajstić information content (AvgIpc) is 2.99.